The van der Waals surface area contributed by atoms with Crippen LogP contribution in [0.15, 0.2) is 35.4 Å². The van der Waals surface area contributed by atoms with Crippen LogP contribution in [0, 0.1) is 5.92 Å². The normalized spacial score (nSPS) is 13.9. The molecular formula is C25H41N3O3. The number of hydrogen-bond acceptors (Lipinski definition) is 4. The van der Waals surface area contributed by atoms with E-state index in [1.807, 2.05) is 6.07 Å². The van der Waals surface area contributed by atoms with E-state index in [1.54, 1.807) is 24.3 Å². The summed E-state index contributed by atoms with van der Waals surface area (Å²) in [4.78, 5) is 15.7. The van der Waals surface area contributed by atoms with Crippen molar-refractivity contribution in [2.75, 3.05) is 6.61 Å². The van der Waals surface area contributed by atoms with Gasteiger partial charge in [0.15, 0.2) is 5.78 Å². The maximum absolute atomic E-state index is 12.9. The van der Waals surface area contributed by atoms with Gasteiger partial charge in [0, 0.05) is 10.5 Å². The molecule has 0 saturated carbocycles. The summed E-state index contributed by atoms with van der Waals surface area (Å²) in [5.41, 5.74) is 9.25. The van der Waals surface area contributed by atoms with E-state index in [-0.39, 0.29) is 5.78 Å². The number of nitrogens with zero attached hydrogens (tertiary/aromatic N) is 3. The molecule has 1 rings (SSSR count). The van der Waals surface area contributed by atoms with Gasteiger partial charge in [0.2, 0.25) is 0 Å². The molecule has 1 aromatic carbocycles. The Morgan fingerprint density at radius 1 is 0.935 bits per heavy atom. The molecule has 1 aromatic rings. The summed E-state index contributed by atoms with van der Waals surface area (Å²) >= 11 is 0. The van der Waals surface area contributed by atoms with Gasteiger partial charge in [-0.1, -0.05) is 119 Å². The molecule has 0 spiro atoms. The Balaban J connectivity index is 2.37. The molecule has 6 nitrogen and oxygen atoms in total. The zero-order valence-electron chi connectivity index (χ0n) is 19.2. The SMILES string of the molecule is CCCCCCCCCCCCCCC(O)C(C(=O)c1ccccc1)C(CO)N=[N+]=[N-]. The van der Waals surface area contributed by atoms with Crippen molar-refractivity contribution in [3.8, 4) is 0 Å². The number of rotatable bonds is 19. The fourth-order valence-corrected chi connectivity index (χ4v) is 4.06. The highest BCUT2D eigenvalue weighted by Gasteiger charge is 2.34. The number of hydrogen-bond donors (Lipinski definition) is 2. The molecule has 0 radical (unpaired) electrons. The van der Waals surface area contributed by atoms with Crippen LogP contribution in [0.4, 0.5) is 0 Å². The molecule has 3 unspecified atom stereocenters. The largest absolute Gasteiger partial charge is 0.396 e. The van der Waals surface area contributed by atoms with Crippen molar-refractivity contribution < 1.29 is 15.0 Å². The second-order valence-corrected chi connectivity index (χ2v) is 8.46. The van der Waals surface area contributed by atoms with Crippen molar-refractivity contribution in [1.82, 2.24) is 0 Å². The topological polar surface area (TPSA) is 106 Å². The lowest BCUT2D eigenvalue weighted by molar-refractivity contribution is 0.0506. The van der Waals surface area contributed by atoms with Gasteiger partial charge in [-0.3, -0.25) is 4.79 Å². The lowest BCUT2D eigenvalue weighted by atomic mass is 9.84. The summed E-state index contributed by atoms with van der Waals surface area (Å²) in [6.45, 7) is 1.77. The molecule has 2 N–H and O–H groups in total. The van der Waals surface area contributed by atoms with Gasteiger partial charge in [0.1, 0.15) is 0 Å². The van der Waals surface area contributed by atoms with Crippen molar-refractivity contribution in [1.29, 1.82) is 0 Å². The number of aliphatic hydroxyl groups is 2. The Labute approximate surface area is 187 Å². The number of azide groups is 1. The first-order chi connectivity index (χ1) is 15.2. The van der Waals surface area contributed by atoms with Crippen LogP contribution >= 0.6 is 0 Å². The lowest BCUT2D eigenvalue weighted by Gasteiger charge is -2.26. The van der Waals surface area contributed by atoms with E-state index >= 15 is 0 Å². The Morgan fingerprint density at radius 3 is 1.94 bits per heavy atom. The van der Waals surface area contributed by atoms with Crippen LogP contribution in [0.2, 0.25) is 0 Å². The van der Waals surface area contributed by atoms with Crippen LogP contribution in [-0.2, 0) is 0 Å². The van der Waals surface area contributed by atoms with Gasteiger partial charge in [-0.2, -0.15) is 0 Å². The first kappa shape index (κ1) is 27.2. The molecule has 0 heterocycles. The zero-order chi connectivity index (χ0) is 22.7. The smallest absolute Gasteiger partial charge is 0.169 e. The van der Waals surface area contributed by atoms with Crippen molar-refractivity contribution in [3.05, 3.63) is 46.3 Å². The van der Waals surface area contributed by atoms with Gasteiger partial charge in [-0.25, -0.2) is 0 Å². The predicted molar refractivity (Wildman–Crippen MR) is 126 cm³/mol. The first-order valence-corrected chi connectivity index (χ1v) is 12.1. The molecule has 0 saturated heterocycles. The maximum Gasteiger partial charge on any atom is 0.169 e. The molecule has 31 heavy (non-hydrogen) atoms. The van der Waals surface area contributed by atoms with Gasteiger partial charge in [0.25, 0.3) is 0 Å². The highest BCUT2D eigenvalue weighted by Crippen LogP contribution is 2.23. The molecule has 0 aromatic heterocycles. The summed E-state index contributed by atoms with van der Waals surface area (Å²) < 4.78 is 0. The highest BCUT2D eigenvalue weighted by atomic mass is 16.3. The molecule has 0 amide bonds. The van der Waals surface area contributed by atoms with E-state index in [1.165, 1.54) is 57.8 Å². The van der Waals surface area contributed by atoms with Crippen LogP contribution in [0.3, 0.4) is 0 Å². The van der Waals surface area contributed by atoms with Crippen LogP contribution < -0.4 is 0 Å². The Morgan fingerprint density at radius 2 is 1.45 bits per heavy atom. The molecule has 0 aliphatic heterocycles. The average Bonchev–Trinajstić information content (AvgIpc) is 2.79. The molecule has 6 heteroatoms. The average molecular weight is 432 g/mol. The quantitative estimate of drug-likeness (QED) is 0.0846. The number of carbonyl (C=O) groups is 1. The number of aliphatic hydroxyl groups excluding tert-OH is 2. The minimum atomic E-state index is -0.968. The summed E-state index contributed by atoms with van der Waals surface area (Å²) in [5, 5.41) is 23.9. The monoisotopic (exact) mass is 431 g/mol. The van der Waals surface area contributed by atoms with Crippen LogP contribution in [0.25, 0.3) is 10.4 Å². The summed E-state index contributed by atoms with van der Waals surface area (Å²) in [6, 6.07) is 7.70. The van der Waals surface area contributed by atoms with E-state index in [9.17, 15) is 15.0 Å². The summed E-state index contributed by atoms with van der Waals surface area (Å²) in [7, 11) is 0. The van der Waals surface area contributed by atoms with Gasteiger partial charge in [0.05, 0.1) is 24.7 Å². The second kappa shape index (κ2) is 17.8. The molecule has 0 fully saturated rings. The number of unbranched alkanes of at least 4 members (excludes halogenated alkanes) is 11. The van der Waals surface area contributed by atoms with Crippen molar-refractivity contribution in [3.63, 3.8) is 0 Å². The third-order valence-corrected chi connectivity index (χ3v) is 5.93. The predicted octanol–water partition coefficient (Wildman–Crippen LogP) is 6.61. The molecule has 0 aliphatic carbocycles. The molecule has 0 bridgehead atoms. The van der Waals surface area contributed by atoms with Gasteiger partial charge in [-0.15, -0.1) is 0 Å². The van der Waals surface area contributed by atoms with Crippen molar-refractivity contribution in [2.45, 2.75) is 103 Å². The number of ketones is 1. The Hall–Kier alpha value is -1.88. The highest BCUT2D eigenvalue weighted by molar-refractivity contribution is 5.98. The maximum atomic E-state index is 12.9. The van der Waals surface area contributed by atoms with Crippen LogP contribution in [-0.4, -0.2) is 34.7 Å². The second-order valence-electron chi connectivity index (χ2n) is 8.46. The molecule has 174 valence electrons. The van der Waals surface area contributed by atoms with Crippen molar-refractivity contribution >= 4 is 5.78 Å². The van der Waals surface area contributed by atoms with E-state index < -0.39 is 24.7 Å². The third-order valence-electron chi connectivity index (χ3n) is 5.93. The Bertz CT molecular complexity index is 632. The minimum absolute atomic E-state index is 0.293. The number of Topliss-reactive ketones (excluding diaryl/α,β-unsaturated/α-hetero) is 1. The molecule has 0 aliphatic rings. The van der Waals surface area contributed by atoms with Crippen LogP contribution in [0.5, 0.6) is 0 Å². The van der Waals surface area contributed by atoms with E-state index in [2.05, 4.69) is 16.9 Å². The van der Waals surface area contributed by atoms with Crippen LogP contribution in [0.1, 0.15) is 101 Å². The third kappa shape index (κ3) is 11.3. The molecule has 3 atom stereocenters. The summed E-state index contributed by atoms with van der Waals surface area (Å²) in [5.74, 6) is -1.23. The fraction of sp³-hybridized carbons (Fsp3) is 0.720. The Kier molecular flexibility index (Phi) is 15.6. The first-order valence-electron chi connectivity index (χ1n) is 12.1. The van der Waals surface area contributed by atoms with Gasteiger partial charge < -0.3 is 10.2 Å². The van der Waals surface area contributed by atoms with Gasteiger partial charge in [-0.05, 0) is 12.0 Å². The lowest BCUT2D eigenvalue weighted by Crippen LogP contribution is -2.39. The van der Waals surface area contributed by atoms with Gasteiger partial charge >= 0.3 is 0 Å². The van der Waals surface area contributed by atoms with E-state index in [4.69, 9.17) is 5.53 Å². The van der Waals surface area contributed by atoms with E-state index in [0.717, 1.165) is 19.3 Å². The number of benzene rings is 1. The molecular weight excluding hydrogens is 390 g/mol. The fourth-order valence-electron chi connectivity index (χ4n) is 4.06. The van der Waals surface area contributed by atoms with E-state index in [0.29, 0.717) is 12.0 Å². The zero-order valence-corrected chi connectivity index (χ0v) is 19.2. The summed E-state index contributed by atoms with van der Waals surface area (Å²) in [6.07, 6.45) is 14.3. The number of carbonyl (C=O) groups excluding carboxylic acids is 1. The minimum Gasteiger partial charge on any atom is -0.396 e. The standard InChI is InChI=1S/C25H41N3O3/c1-2-3-4-5-6-7-8-9-10-11-12-16-19-23(30)24(22(20-29)27-28-26)25(31)21-17-14-13-15-18-21/h13-15,17-18,22-24,29-30H,2-12,16,19-20H2,1H3. The van der Waals surface area contributed by atoms with Crippen molar-refractivity contribution in [2.24, 2.45) is 11.0 Å².